The average Bonchev–Trinajstić information content (AvgIpc) is 1.14. The SMILES string of the molecule is FP(F)(=S)SP(=S)(S)S. The Morgan fingerprint density at radius 3 is 1.56 bits per heavy atom. The molecule has 0 nitrogen and oxygen atoms in total. The lowest BCUT2D eigenvalue weighted by atomic mass is 18.8. The van der Waals surface area contributed by atoms with Crippen LogP contribution in [0.2, 0.25) is 0 Å². The third-order valence-electron chi connectivity index (χ3n) is 0.201. The van der Waals surface area contributed by atoms with Gasteiger partial charge in [-0.3, -0.25) is 0 Å². The molecule has 0 bridgehead atoms. The molecule has 9 heteroatoms. The molecule has 0 unspecified atom stereocenters. The van der Waals surface area contributed by atoms with Crippen molar-refractivity contribution in [1.29, 1.82) is 0 Å². The van der Waals surface area contributed by atoms with Crippen molar-refractivity contribution in [2.24, 2.45) is 0 Å². The monoisotopic (exact) mass is 262 g/mol. The molecular formula is H2F2P2S5. The van der Waals surface area contributed by atoms with E-state index >= 15 is 0 Å². The molecule has 0 aliphatic carbocycles. The number of hydrogen-bond donors (Lipinski definition) is 2. The highest BCUT2D eigenvalue weighted by molar-refractivity contribution is 9.27. The third-order valence-corrected chi connectivity index (χ3v) is 13.0. The first-order valence-corrected chi connectivity index (χ1v) is 11.2. The van der Waals surface area contributed by atoms with E-state index in [1.54, 1.807) is 0 Å². The minimum Gasteiger partial charge on any atom is -0.169 e. The quantitative estimate of drug-likeness (QED) is 0.571. The number of rotatable bonds is 2. The summed E-state index contributed by atoms with van der Waals surface area (Å²) in [5, 5.41) is 0. The highest BCUT2D eigenvalue weighted by atomic mass is 33.6. The van der Waals surface area contributed by atoms with Gasteiger partial charge in [-0.05, 0) is 22.8 Å². The molecule has 0 heterocycles. The summed E-state index contributed by atoms with van der Waals surface area (Å²) in [4.78, 5) is 0. The van der Waals surface area contributed by atoms with E-state index < -0.39 is 9.50 Å². The fraction of sp³-hybridized carbons (Fsp3) is 0. The van der Waals surface area contributed by atoms with Gasteiger partial charge in [0.15, 0.2) is 0 Å². The van der Waals surface area contributed by atoms with Crippen LogP contribution >= 0.6 is 45.0 Å². The van der Waals surface area contributed by atoms with E-state index in [-0.39, 0.29) is 11.0 Å². The topological polar surface area (TPSA) is 0 Å². The van der Waals surface area contributed by atoms with Gasteiger partial charge in [0.05, 0.1) is 0 Å². The van der Waals surface area contributed by atoms with E-state index in [9.17, 15) is 8.39 Å². The van der Waals surface area contributed by atoms with Crippen molar-refractivity contribution in [1.82, 2.24) is 0 Å². The summed E-state index contributed by atoms with van der Waals surface area (Å²) in [6.07, 6.45) is 0. The molecule has 0 saturated carbocycles. The molecule has 0 aromatic heterocycles. The van der Waals surface area contributed by atoms with Gasteiger partial charge in [-0.25, -0.2) is 0 Å². The summed E-state index contributed by atoms with van der Waals surface area (Å²) in [6, 6.07) is 0. The molecule has 0 aromatic rings. The predicted molar refractivity (Wildman–Crippen MR) is 56.3 cm³/mol. The van der Waals surface area contributed by atoms with Crippen molar-refractivity contribution in [2.45, 2.75) is 0 Å². The van der Waals surface area contributed by atoms with E-state index in [4.69, 9.17) is 0 Å². The highest BCUT2D eigenvalue weighted by Gasteiger charge is 2.21. The van der Waals surface area contributed by atoms with Crippen molar-refractivity contribution >= 4 is 68.6 Å². The molecular weight excluding hydrogens is 260 g/mol. The molecule has 0 rings (SSSR count). The summed E-state index contributed by atoms with van der Waals surface area (Å²) in [6.45, 7) is 0. The second kappa shape index (κ2) is 3.74. The highest BCUT2D eigenvalue weighted by Crippen LogP contribution is 2.83. The minimum absolute atomic E-state index is 0.261. The third kappa shape index (κ3) is 10.2. The maximum Gasteiger partial charge on any atom is 0.332 e. The van der Waals surface area contributed by atoms with Gasteiger partial charge in [0.25, 0.3) is 0 Å². The molecule has 56 valence electrons. The molecule has 0 spiro atoms. The van der Waals surface area contributed by atoms with Crippen LogP contribution in [0.3, 0.4) is 0 Å². The summed E-state index contributed by atoms with van der Waals surface area (Å²) in [5.74, 6) is -4.24. The molecule has 0 aliphatic rings. The minimum atomic E-state index is -4.24. The molecule has 0 aromatic carbocycles. The van der Waals surface area contributed by atoms with Gasteiger partial charge in [0.1, 0.15) is 3.64 Å². The van der Waals surface area contributed by atoms with Crippen LogP contribution in [-0.2, 0) is 23.6 Å². The summed E-state index contributed by atoms with van der Waals surface area (Å²) in [7, 11) is 0. The molecule has 0 radical (unpaired) electrons. The Hall–Kier alpha value is 2.21. The maximum atomic E-state index is 12.0. The maximum absolute atomic E-state index is 12.0. The Bertz CT molecular complexity index is 153. The van der Waals surface area contributed by atoms with Crippen molar-refractivity contribution in [3.05, 3.63) is 0 Å². The van der Waals surface area contributed by atoms with Crippen LogP contribution in [0.4, 0.5) is 8.39 Å². The zero-order valence-corrected chi connectivity index (χ0v) is 9.80. The lowest BCUT2D eigenvalue weighted by Gasteiger charge is -2.05. The van der Waals surface area contributed by atoms with E-state index in [0.717, 1.165) is 0 Å². The molecule has 0 atom stereocenters. The molecule has 0 fully saturated rings. The van der Waals surface area contributed by atoms with Crippen molar-refractivity contribution in [3.63, 3.8) is 0 Å². The number of thiol groups is 2. The lowest BCUT2D eigenvalue weighted by Crippen LogP contribution is -1.45. The Morgan fingerprint density at radius 1 is 1.22 bits per heavy atom. The summed E-state index contributed by atoms with van der Waals surface area (Å²) < 4.78 is 21.5. The first kappa shape index (κ1) is 11.2. The van der Waals surface area contributed by atoms with E-state index in [2.05, 4.69) is 48.1 Å². The van der Waals surface area contributed by atoms with Crippen molar-refractivity contribution in [3.8, 4) is 0 Å². The summed E-state index contributed by atoms with van der Waals surface area (Å²) in [5.41, 5.74) is 0. The standard InChI is InChI=1S/F2H2P2S5/c1-3(2,5)9-4(6,7)8/h(H2,6,7,8). The molecule has 0 amide bonds. The van der Waals surface area contributed by atoms with E-state index in [0.29, 0.717) is 0 Å². The van der Waals surface area contributed by atoms with Gasteiger partial charge in [0, 0.05) is 0 Å². The van der Waals surface area contributed by atoms with Gasteiger partial charge in [-0.2, -0.15) is 8.39 Å². The number of halogens is 2. The Morgan fingerprint density at radius 2 is 1.56 bits per heavy atom. The summed E-state index contributed by atoms with van der Waals surface area (Å²) >= 11 is 16.0. The second-order valence-corrected chi connectivity index (χ2v) is 20.1. The normalized spacial score (nSPS) is 13.8. The van der Waals surface area contributed by atoms with Gasteiger partial charge in [-0.1, -0.05) is 11.8 Å². The molecule has 0 N–H and O–H groups in total. The zero-order valence-electron chi connectivity index (χ0n) is 3.77. The second-order valence-electron chi connectivity index (χ2n) is 0.987. The van der Waals surface area contributed by atoms with Crippen LogP contribution in [0.5, 0.6) is 0 Å². The zero-order chi connectivity index (χ0) is 7.71. The van der Waals surface area contributed by atoms with Crippen molar-refractivity contribution in [2.75, 3.05) is 0 Å². The van der Waals surface area contributed by atoms with Crippen LogP contribution in [0.1, 0.15) is 0 Å². The lowest BCUT2D eigenvalue weighted by molar-refractivity contribution is 0.771. The van der Waals surface area contributed by atoms with Crippen LogP contribution in [0.15, 0.2) is 0 Å². The first-order valence-electron chi connectivity index (χ1n) is 1.47. The Kier molecular flexibility index (Phi) is 4.66. The van der Waals surface area contributed by atoms with Gasteiger partial charge in [0.2, 0.25) is 0 Å². The van der Waals surface area contributed by atoms with E-state index in [1.165, 1.54) is 0 Å². The van der Waals surface area contributed by atoms with Crippen LogP contribution in [-0.4, -0.2) is 0 Å². The molecule has 0 saturated heterocycles. The van der Waals surface area contributed by atoms with Crippen LogP contribution < -0.4 is 0 Å². The Labute approximate surface area is 76.6 Å². The molecule has 0 aliphatic heterocycles. The van der Waals surface area contributed by atoms with Crippen molar-refractivity contribution < 1.29 is 8.39 Å². The van der Waals surface area contributed by atoms with Gasteiger partial charge in [-0.15, -0.1) is 24.5 Å². The smallest absolute Gasteiger partial charge is 0.169 e. The fourth-order valence-corrected chi connectivity index (χ4v) is 17.1. The predicted octanol–water partition coefficient (Wildman–Crippen LogP) is 3.97. The average molecular weight is 262 g/mol. The number of hydrogen-bond acceptors (Lipinski definition) is 3. The van der Waals surface area contributed by atoms with E-state index in [1.807, 2.05) is 0 Å². The first-order chi connectivity index (χ1) is 3.71. The Balaban J connectivity index is 4.07. The molecule has 9 heavy (non-hydrogen) atoms. The van der Waals surface area contributed by atoms with Gasteiger partial charge >= 0.3 is 5.86 Å². The largest absolute Gasteiger partial charge is 0.332 e. The van der Waals surface area contributed by atoms with Crippen LogP contribution in [0, 0.1) is 0 Å². The van der Waals surface area contributed by atoms with Crippen LogP contribution in [0.25, 0.3) is 0 Å². The fourth-order valence-electron chi connectivity index (χ4n) is 0.124. The van der Waals surface area contributed by atoms with Gasteiger partial charge < -0.3 is 0 Å².